The zero-order chi connectivity index (χ0) is 2.71. The van der Waals surface area contributed by atoms with Gasteiger partial charge in [-0.1, -0.05) is 13.5 Å². The first-order valence-electron chi connectivity index (χ1n) is 0.816. The maximum Gasteiger partial charge on any atom is -0.0319 e. The maximum absolute atomic E-state index is 3.25. The summed E-state index contributed by atoms with van der Waals surface area (Å²) >= 11 is 0. The summed E-state index contributed by atoms with van der Waals surface area (Å²) < 4.78 is 0. The summed E-state index contributed by atoms with van der Waals surface area (Å²) in [5, 5.41) is 0. The third-order valence-electron chi connectivity index (χ3n) is 0. The lowest BCUT2D eigenvalue weighted by atomic mass is 10.8. The van der Waals surface area contributed by atoms with Crippen molar-refractivity contribution in [2.75, 3.05) is 0 Å². The Morgan fingerprint density at radius 3 is 1.50 bits per heavy atom. The van der Waals surface area contributed by atoms with Crippen molar-refractivity contribution < 1.29 is 0 Å². The lowest BCUT2D eigenvalue weighted by molar-refractivity contribution is 2.19. The normalized spacial score (nSPS) is 3.25. The molecular formula is C4H8. The Bertz CT molecular complexity index is 7.51. The van der Waals surface area contributed by atoms with Gasteiger partial charge >= 0.3 is 0 Å². The van der Waals surface area contributed by atoms with Crippen molar-refractivity contribution in [1.29, 1.82) is 0 Å². The minimum absolute atomic E-state index is 0. The van der Waals surface area contributed by atoms with Crippen LogP contribution in [-0.2, 0) is 0 Å². The molecule has 0 aliphatic carbocycles. The zero-order valence-corrected chi connectivity index (χ0v) is 2.99. The van der Waals surface area contributed by atoms with Crippen LogP contribution in [0.2, 0.25) is 0 Å². The van der Waals surface area contributed by atoms with E-state index < -0.39 is 0 Å². The van der Waals surface area contributed by atoms with Crippen molar-refractivity contribution in [2.24, 2.45) is 0 Å². The Labute approximate surface area is 28.2 Å². The van der Waals surface area contributed by atoms with Crippen LogP contribution in [0.1, 0.15) is 0 Å². The lowest BCUT2D eigenvalue weighted by Gasteiger charge is -1.30. The van der Waals surface area contributed by atoms with Crippen LogP contribution in [0.4, 0.5) is 0 Å². The van der Waals surface area contributed by atoms with Crippen LogP contribution in [0, 0.1) is 14.4 Å². The van der Waals surface area contributed by atoms with Gasteiger partial charge in [0, 0.05) is 0 Å². The van der Waals surface area contributed by atoms with Gasteiger partial charge in [0.05, 0.1) is 0 Å². The van der Waals surface area contributed by atoms with Crippen molar-refractivity contribution in [3.8, 4) is 0 Å². The Kier molecular flexibility index (Phi) is 35.1. The monoisotopic (exact) mass is 56.1 g/mol. The fraction of sp³-hybridized carbons (Fsp3) is 0. The molecule has 0 aromatic heterocycles. The largest absolute Gasteiger partial charge is 0.103 e. The molecule has 0 bridgehead atoms. The Hall–Kier alpha value is -0.260. The molecule has 0 fully saturated rings. The molecule has 0 saturated heterocycles. The van der Waals surface area contributed by atoms with Crippen LogP contribution in [0.3, 0.4) is 0 Å². The van der Waals surface area contributed by atoms with Gasteiger partial charge in [-0.3, -0.25) is 0 Å². The average Bonchev–Trinajstić information content (AvgIpc) is 0.918. The molecule has 0 aliphatic heterocycles. The van der Waals surface area contributed by atoms with Crippen LogP contribution in [0.25, 0.3) is 0 Å². The molecule has 0 N–H and O–H groups in total. The second-order valence-electron chi connectivity index (χ2n) is 0.289. The van der Waals surface area contributed by atoms with Gasteiger partial charge in [0.2, 0.25) is 0 Å². The van der Waals surface area contributed by atoms with E-state index in [-0.39, 0.29) is 7.43 Å². The Balaban J connectivity index is 0. The molecule has 24 valence electrons. The predicted octanol–water partition coefficient (Wildman–Crippen LogP) is 1.46. The first-order valence-corrected chi connectivity index (χ1v) is 0.816. The summed E-state index contributed by atoms with van der Waals surface area (Å²) in [5.74, 6) is 0. The molecule has 0 aliphatic rings. The van der Waals surface area contributed by atoms with Gasteiger partial charge in [-0.15, -0.1) is 6.58 Å². The lowest BCUT2D eigenvalue weighted by Crippen LogP contribution is -1.09. The molecule has 4 heavy (non-hydrogen) atoms. The van der Waals surface area contributed by atoms with Crippen LogP contribution in [0.5, 0.6) is 0 Å². The molecule has 0 amide bonds. The summed E-state index contributed by atoms with van der Waals surface area (Å²) in [7, 11) is 0. The molecule has 0 heteroatoms. The molecule has 0 rings (SSSR count). The van der Waals surface area contributed by atoms with E-state index in [1.54, 1.807) is 0 Å². The highest BCUT2D eigenvalue weighted by atomic mass is 13.2. The van der Waals surface area contributed by atoms with Crippen molar-refractivity contribution in [2.45, 2.75) is 0 Å². The highest BCUT2D eigenvalue weighted by Gasteiger charge is 1.15. The number of allylic oxidation sites excluding steroid dienone is 1. The van der Waals surface area contributed by atoms with Gasteiger partial charge in [-0.25, -0.2) is 0 Å². The van der Waals surface area contributed by atoms with Gasteiger partial charge in [-0.2, -0.15) is 0 Å². The van der Waals surface area contributed by atoms with Crippen LogP contribution in [-0.4, -0.2) is 0 Å². The second-order valence-corrected chi connectivity index (χ2v) is 0.289. The first-order chi connectivity index (χ1) is 1.41. The van der Waals surface area contributed by atoms with E-state index in [4.69, 9.17) is 0 Å². The molecule has 2 radical (unpaired) electrons. The molecule has 0 spiro atoms. The predicted molar refractivity (Wildman–Crippen MR) is 22.0 cm³/mol. The maximum atomic E-state index is 3.25. The second kappa shape index (κ2) is 15.1. The van der Waals surface area contributed by atoms with Crippen molar-refractivity contribution >= 4 is 0 Å². The van der Waals surface area contributed by atoms with E-state index in [0.717, 1.165) is 0 Å². The zero-order valence-electron chi connectivity index (χ0n) is 2.99. The van der Waals surface area contributed by atoms with Gasteiger partial charge in [0.25, 0.3) is 0 Å². The van der Waals surface area contributed by atoms with E-state index in [2.05, 4.69) is 13.5 Å². The summed E-state index contributed by atoms with van der Waals surface area (Å²) in [5.41, 5.74) is 0. The van der Waals surface area contributed by atoms with Crippen LogP contribution in [0.15, 0.2) is 12.7 Å². The van der Waals surface area contributed by atoms with E-state index in [0.29, 0.717) is 0 Å². The topological polar surface area (TPSA) is 0 Å². The fourth-order valence-electron chi connectivity index (χ4n) is 0. The minimum atomic E-state index is 0. The number of hydrogen-bond donors (Lipinski definition) is 0. The molecule has 0 aromatic rings. The minimum Gasteiger partial charge on any atom is -0.103 e. The summed E-state index contributed by atoms with van der Waals surface area (Å²) in [6.07, 6.45) is 1.50. The number of rotatable bonds is 0. The van der Waals surface area contributed by atoms with Crippen molar-refractivity contribution in [3.63, 3.8) is 0 Å². The van der Waals surface area contributed by atoms with E-state index >= 15 is 0 Å². The third kappa shape index (κ3) is 14.1. The highest BCUT2D eigenvalue weighted by Crippen LogP contribution is 1.36. The van der Waals surface area contributed by atoms with E-state index in [1.165, 1.54) is 6.08 Å². The smallest absolute Gasteiger partial charge is 0.0319 e. The van der Waals surface area contributed by atoms with Gasteiger partial charge in [0.1, 0.15) is 0 Å². The molecule has 0 heterocycles. The van der Waals surface area contributed by atoms with Gasteiger partial charge in [0.15, 0.2) is 0 Å². The standard InChI is InChI=1S/C3H5.CH3/c1-3-2;/h3H,1-2H2;1H3. The SMILES string of the molecule is [CH2]C=C.[CH3]. The first kappa shape index (κ1) is 9.27. The molecular weight excluding hydrogens is 48.0 g/mol. The van der Waals surface area contributed by atoms with E-state index in [1.807, 2.05) is 0 Å². The quantitative estimate of drug-likeness (QED) is 0.394. The fourth-order valence-corrected chi connectivity index (χ4v) is 0. The van der Waals surface area contributed by atoms with Crippen molar-refractivity contribution in [3.05, 3.63) is 27.0 Å². The van der Waals surface area contributed by atoms with Crippen LogP contribution < -0.4 is 0 Å². The Morgan fingerprint density at radius 2 is 1.50 bits per heavy atom. The van der Waals surface area contributed by atoms with Crippen molar-refractivity contribution in [1.82, 2.24) is 0 Å². The average molecular weight is 56.1 g/mol. The summed E-state index contributed by atoms with van der Waals surface area (Å²) in [6, 6.07) is 0. The van der Waals surface area contributed by atoms with Gasteiger partial charge < -0.3 is 0 Å². The summed E-state index contributed by atoms with van der Waals surface area (Å²) in [4.78, 5) is 0. The highest BCUT2D eigenvalue weighted by molar-refractivity contribution is 4.66. The molecule has 0 atom stereocenters. The third-order valence-corrected chi connectivity index (χ3v) is 0. The molecule has 0 saturated carbocycles. The molecule has 0 nitrogen and oxygen atoms in total. The Morgan fingerprint density at radius 1 is 1.50 bits per heavy atom. The van der Waals surface area contributed by atoms with E-state index in [9.17, 15) is 0 Å². The molecule has 0 unspecified atom stereocenters. The van der Waals surface area contributed by atoms with Gasteiger partial charge in [-0.05, 0) is 6.92 Å². The van der Waals surface area contributed by atoms with Crippen LogP contribution >= 0.6 is 0 Å². The summed E-state index contributed by atoms with van der Waals surface area (Å²) in [6.45, 7) is 6.50. The molecule has 0 aromatic carbocycles. The number of hydrogen-bond acceptors (Lipinski definition) is 0.